The third-order valence-corrected chi connectivity index (χ3v) is 5.87. The van der Waals surface area contributed by atoms with Gasteiger partial charge in [0.2, 0.25) is 5.91 Å². The summed E-state index contributed by atoms with van der Waals surface area (Å²) in [6.07, 6.45) is 5.53. The van der Waals surface area contributed by atoms with E-state index in [9.17, 15) is 4.79 Å². The van der Waals surface area contributed by atoms with Gasteiger partial charge in [0.15, 0.2) is 0 Å². The quantitative estimate of drug-likeness (QED) is 0.798. The maximum Gasteiger partial charge on any atom is 0.225 e. The highest BCUT2D eigenvalue weighted by Gasteiger charge is 2.22. The first-order chi connectivity index (χ1) is 12.8. The van der Waals surface area contributed by atoms with Crippen molar-refractivity contribution in [3.8, 4) is 5.75 Å². The molecule has 1 unspecified atom stereocenters. The van der Waals surface area contributed by atoms with Crippen LogP contribution in [0.15, 0.2) is 41.8 Å². The third-order valence-electron chi connectivity index (χ3n) is 4.99. The minimum absolute atomic E-state index is 0.0979. The van der Waals surface area contributed by atoms with Crippen LogP contribution >= 0.6 is 11.3 Å². The molecule has 0 bridgehead atoms. The van der Waals surface area contributed by atoms with Gasteiger partial charge in [-0.25, -0.2) is 0 Å². The predicted octanol–water partition coefficient (Wildman–Crippen LogP) is 4.03. The van der Waals surface area contributed by atoms with Crippen molar-refractivity contribution >= 4 is 17.2 Å². The molecule has 1 aliphatic rings. The molecule has 2 aromatic rings. The summed E-state index contributed by atoms with van der Waals surface area (Å²) in [4.78, 5) is 16.0. The Labute approximate surface area is 160 Å². The average molecular weight is 373 g/mol. The Hall–Kier alpha value is -1.85. The van der Waals surface area contributed by atoms with Crippen molar-refractivity contribution < 1.29 is 9.53 Å². The van der Waals surface area contributed by atoms with E-state index in [4.69, 9.17) is 4.74 Å². The van der Waals surface area contributed by atoms with Crippen molar-refractivity contribution in [2.45, 2.75) is 38.1 Å². The number of hydrogen-bond acceptors (Lipinski definition) is 4. The summed E-state index contributed by atoms with van der Waals surface area (Å²) in [7, 11) is 1.69. The first kappa shape index (κ1) is 18.9. The molecule has 26 heavy (non-hydrogen) atoms. The lowest BCUT2D eigenvalue weighted by molar-refractivity contribution is -0.120. The molecule has 4 nitrogen and oxygen atoms in total. The molecule has 1 fully saturated rings. The lowest BCUT2D eigenvalue weighted by Gasteiger charge is -2.31. The lowest BCUT2D eigenvalue weighted by atomic mass is 10.0. The number of nitrogens with zero attached hydrogens (tertiary/aromatic N) is 1. The molecule has 0 aliphatic carbocycles. The van der Waals surface area contributed by atoms with Gasteiger partial charge in [-0.2, -0.15) is 0 Å². The van der Waals surface area contributed by atoms with Gasteiger partial charge in [0, 0.05) is 11.4 Å². The van der Waals surface area contributed by atoms with Crippen molar-refractivity contribution in [2.75, 3.05) is 26.7 Å². The molecular formula is C21H28N2O2S. The molecule has 140 valence electrons. The van der Waals surface area contributed by atoms with Gasteiger partial charge >= 0.3 is 0 Å². The van der Waals surface area contributed by atoms with E-state index < -0.39 is 0 Å². The molecule has 1 aromatic heterocycles. The predicted molar refractivity (Wildman–Crippen MR) is 107 cm³/mol. The van der Waals surface area contributed by atoms with E-state index in [0.717, 1.165) is 23.7 Å². The van der Waals surface area contributed by atoms with E-state index in [-0.39, 0.29) is 11.9 Å². The van der Waals surface area contributed by atoms with E-state index >= 15 is 0 Å². The minimum atomic E-state index is 0.0979. The van der Waals surface area contributed by atoms with Crippen molar-refractivity contribution in [3.63, 3.8) is 0 Å². The summed E-state index contributed by atoms with van der Waals surface area (Å²) in [5.74, 6) is 0.964. The van der Waals surface area contributed by atoms with Crippen molar-refractivity contribution in [1.82, 2.24) is 10.2 Å². The van der Waals surface area contributed by atoms with E-state index in [1.165, 1.54) is 31.2 Å². The molecule has 1 amide bonds. The second-order valence-corrected chi connectivity index (χ2v) is 7.83. The Balaban J connectivity index is 1.67. The zero-order valence-corrected chi connectivity index (χ0v) is 16.3. The zero-order chi connectivity index (χ0) is 18.2. The molecule has 1 aromatic carbocycles. The topological polar surface area (TPSA) is 41.6 Å². The number of ether oxygens (including phenoxy) is 1. The van der Waals surface area contributed by atoms with Crippen LogP contribution < -0.4 is 10.1 Å². The Morgan fingerprint density at radius 3 is 2.50 bits per heavy atom. The van der Waals surface area contributed by atoms with Crippen LogP contribution in [0.2, 0.25) is 0 Å². The van der Waals surface area contributed by atoms with E-state index in [1.54, 1.807) is 18.4 Å². The Bertz CT molecular complexity index is 662. The summed E-state index contributed by atoms with van der Waals surface area (Å²) in [6.45, 7) is 2.84. The van der Waals surface area contributed by atoms with Gasteiger partial charge in [-0.1, -0.05) is 31.0 Å². The molecule has 1 atom stereocenters. The molecule has 0 spiro atoms. The molecule has 2 heterocycles. The highest BCUT2D eigenvalue weighted by Crippen LogP contribution is 2.25. The summed E-state index contributed by atoms with van der Waals surface area (Å²) in [5.41, 5.74) is 1.24. The summed E-state index contributed by atoms with van der Waals surface area (Å²) in [6, 6.07) is 12.5. The standard InChI is InChI=1S/C21H28N2O2S/c1-25-18-10-8-17(9-11-18)20(23-12-4-2-3-5-13-23)16-22-21(24)15-19-7-6-14-26-19/h6-11,14,20H,2-5,12-13,15-16H2,1H3,(H,22,24). The van der Waals surface area contributed by atoms with Crippen LogP contribution in [0.3, 0.4) is 0 Å². The Morgan fingerprint density at radius 1 is 1.15 bits per heavy atom. The van der Waals surface area contributed by atoms with E-state index in [2.05, 4.69) is 22.3 Å². The number of amides is 1. The number of benzene rings is 1. The maximum atomic E-state index is 12.4. The number of hydrogen-bond donors (Lipinski definition) is 1. The number of carbonyl (C=O) groups is 1. The zero-order valence-electron chi connectivity index (χ0n) is 15.4. The number of likely N-dealkylation sites (tertiary alicyclic amines) is 1. The Kier molecular flexibility index (Phi) is 7.09. The minimum Gasteiger partial charge on any atom is -0.497 e. The van der Waals surface area contributed by atoms with E-state index in [0.29, 0.717) is 13.0 Å². The second-order valence-electron chi connectivity index (χ2n) is 6.80. The number of methoxy groups -OCH3 is 1. The highest BCUT2D eigenvalue weighted by atomic mass is 32.1. The van der Waals surface area contributed by atoms with Crippen LogP contribution in [0.4, 0.5) is 0 Å². The van der Waals surface area contributed by atoms with Crippen molar-refractivity contribution in [1.29, 1.82) is 0 Å². The van der Waals surface area contributed by atoms with Gasteiger partial charge in [0.1, 0.15) is 5.75 Å². The summed E-state index contributed by atoms with van der Waals surface area (Å²) < 4.78 is 5.29. The third kappa shape index (κ3) is 5.32. The van der Waals surface area contributed by atoms with Crippen molar-refractivity contribution in [2.24, 2.45) is 0 Å². The Morgan fingerprint density at radius 2 is 1.88 bits per heavy atom. The fourth-order valence-electron chi connectivity index (χ4n) is 3.54. The van der Waals surface area contributed by atoms with Crippen LogP contribution in [-0.2, 0) is 11.2 Å². The number of nitrogens with one attached hydrogen (secondary N) is 1. The largest absolute Gasteiger partial charge is 0.497 e. The van der Waals surface area contributed by atoms with Crippen LogP contribution in [-0.4, -0.2) is 37.6 Å². The molecule has 1 saturated heterocycles. The van der Waals surface area contributed by atoms with Gasteiger partial charge in [0.25, 0.3) is 0 Å². The highest BCUT2D eigenvalue weighted by molar-refractivity contribution is 7.10. The maximum absolute atomic E-state index is 12.4. The molecule has 3 rings (SSSR count). The van der Waals surface area contributed by atoms with Crippen molar-refractivity contribution in [3.05, 3.63) is 52.2 Å². The monoisotopic (exact) mass is 372 g/mol. The summed E-state index contributed by atoms with van der Waals surface area (Å²) >= 11 is 1.63. The SMILES string of the molecule is COc1ccc(C(CNC(=O)Cc2cccs2)N2CCCCCC2)cc1. The average Bonchev–Trinajstić information content (AvgIpc) is 3.02. The van der Waals surface area contributed by atoms with Crippen LogP contribution in [0.1, 0.15) is 42.2 Å². The van der Waals surface area contributed by atoms with Gasteiger partial charge in [-0.15, -0.1) is 11.3 Å². The number of thiophene rings is 1. The number of rotatable bonds is 7. The van der Waals surface area contributed by atoms with E-state index in [1.807, 2.05) is 29.6 Å². The number of carbonyl (C=O) groups excluding carboxylic acids is 1. The summed E-state index contributed by atoms with van der Waals surface area (Å²) in [5, 5.41) is 5.17. The molecular weight excluding hydrogens is 344 g/mol. The smallest absolute Gasteiger partial charge is 0.225 e. The van der Waals surface area contributed by atoms with Gasteiger partial charge in [-0.05, 0) is 55.1 Å². The van der Waals surface area contributed by atoms with Crippen LogP contribution in [0.5, 0.6) is 5.75 Å². The first-order valence-corrected chi connectivity index (χ1v) is 10.3. The fraction of sp³-hybridized carbons (Fsp3) is 0.476. The van der Waals surface area contributed by atoms with Gasteiger partial charge in [0.05, 0.1) is 19.6 Å². The van der Waals surface area contributed by atoms with Gasteiger partial charge in [-0.3, -0.25) is 9.69 Å². The first-order valence-electron chi connectivity index (χ1n) is 9.43. The van der Waals surface area contributed by atoms with Crippen LogP contribution in [0.25, 0.3) is 0 Å². The molecule has 0 saturated carbocycles. The van der Waals surface area contributed by atoms with Gasteiger partial charge < -0.3 is 10.1 Å². The molecule has 0 radical (unpaired) electrons. The van der Waals surface area contributed by atoms with Crippen LogP contribution in [0, 0.1) is 0 Å². The fourth-order valence-corrected chi connectivity index (χ4v) is 4.24. The second kappa shape index (κ2) is 9.74. The molecule has 1 aliphatic heterocycles. The molecule has 5 heteroatoms. The lowest BCUT2D eigenvalue weighted by Crippen LogP contribution is -2.39. The molecule has 1 N–H and O–H groups in total. The normalized spacial score (nSPS) is 16.7.